The molecule has 1 aliphatic rings. The van der Waals surface area contributed by atoms with Gasteiger partial charge in [0.05, 0.1) is 5.84 Å². The number of likely N-dealkylation sites (tertiary alicyclic amines) is 1. The zero-order valence-corrected chi connectivity index (χ0v) is 8.30. The zero-order chi connectivity index (χ0) is 9.14. The van der Waals surface area contributed by atoms with E-state index in [0.29, 0.717) is 6.04 Å². The van der Waals surface area contributed by atoms with E-state index in [9.17, 15) is 0 Å². The van der Waals surface area contributed by atoms with Gasteiger partial charge >= 0.3 is 0 Å². The van der Waals surface area contributed by atoms with Crippen molar-refractivity contribution in [1.82, 2.24) is 9.80 Å². The van der Waals surface area contributed by atoms with Crippen molar-refractivity contribution in [2.24, 2.45) is 0 Å². The highest BCUT2D eigenvalue weighted by atomic mass is 15.2. The van der Waals surface area contributed by atoms with Crippen LogP contribution in [0.5, 0.6) is 0 Å². The Bertz CT molecular complexity index is 165. The summed E-state index contributed by atoms with van der Waals surface area (Å²) >= 11 is 0. The third kappa shape index (κ3) is 1.97. The second-order valence-corrected chi connectivity index (χ2v) is 3.65. The first kappa shape index (κ1) is 9.52. The molecule has 70 valence electrons. The molecule has 12 heavy (non-hydrogen) atoms. The third-order valence-electron chi connectivity index (χ3n) is 2.61. The lowest BCUT2D eigenvalue weighted by Gasteiger charge is -2.21. The van der Waals surface area contributed by atoms with Crippen LogP contribution in [-0.4, -0.2) is 48.9 Å². The van der Waals surface area contributed by atoms with E-state index in [1.54, 1.807) is 0 Å². The van der Waals surface area contributed by atoms with E-state index in [1.165, 1.54) is 6.42 Å². The van der Waals surface area contributed by atoms with Crippen LogP contribution in [0.25, 0.3) is 0 Å². The van der Waals surface area contributed by atoms with Crippen molar-refractivity contribution in [2.45, 2.75) is 25.8 Å². The Kier molecular flexibility index (Phi) is 3.09. The summed E-state index contributed by atoms with van der Waals surface area (Å²) in [5, 5.41) is 7.67. The second kappa shape index (κ2) is 3.90. The van der Waals surface area contributed by atoms with Gasteiger partial charge in [0.25, 0.3) is 0 Å². The Hall–Kier alpha value is -0.570. The monoisotopic (exact) mass is 169 g/mol. The van der Waals surface area contributed by atoms with Crippen molar-refractivity contribution >= 4 is 5.84 Å². The van der Waals surface area contributed by atoms with Crippen LogP contribution < -0.4 is 0 Å². The van der Waals surface area contributed by atoms with Crippen LogP contribution in [0.1, 0.15) is 19.8 Å². The van der Waals surface area contributed by atoms with Crippen molar-refractivity contribution < 1.29 is 0 Å². The van der Waals surface area contributed by atoms with E-state index in [-0.39, 0.29) is 0 Å². The molecule has 3 nitrogen and oxygen atoms in total. The molecule has 1 fully saturated rings. The van der Waals surface area contributed by atoms with Gasteiger partial charge in [0.15, 0.2) is 0 Å². The smallest absolute Gasteiger partial charge is 0.0955 e. The first-order valence-corrected chi connectivity index (χ1v) is 4.64. The maximum Gasteiger partial charge on any atom is 0.0955 e. The highest BCUT2D eigenvalue weighted by Crippen LogP contribution is 2.13. The van der Waals surface area contributed by atoms with Crippen LogP contribution in [0.2, 0.25) is 0 Å². The molecule has 0 amide bonds. The van der Waals surface area contributed by atoms with Gasteiger partial charge < -0.3 is 9.80 Å². The second-order valence-electron chi connectivity index (χ2n) is 3.65. The molecule has 1 saturated heterocycles. The van der Waals surface area contributed by atoms with Gasteiger partial charge in [0, 0.05) is 25.6 Å². The molecule has 0 aromatic rings. The normalized spacial score (nSPS) is 23.7. The van der Waals surface area contributed by atoms with Crippen LogP contribution >= 0.6 is 0 Å². The molecule has 0 aromatic carbocycles. The molecule has 1 N–H and O–H groups in total. The molecule has 0 spiro atoms. The molecular weight excluding hydrogens is 150 g/mol. The third-order valence-corrected chi connectivity index (χ3v) is 2.61. The Balaban J connectivity index is 2.40. The minimum Gasteiger partial charge on any atom is -0.359 e. The van der Waals surface area contributed by atoms with E-state index in [0.717, 1.165) is 25.3 Å². The van der Waals surface area contributed by atoms with E-state index >= 15 is 0 Å². The molecule has 0 aliphatic carbocycles. The summed E-state index contributed by atoms with van der Waals surface area (Å²) in [6.07, 6.45) is 2.07. The minimum atomic E-state index is 0.650. The predicted molar refractivity (Wildman–Crippen MR) is 51.7 cm³/mol. The van der Waals surface area contributed by atoms with Gasteiger partial charge in [-0.05, 0) is 20.5 Å². The summed E-state index contributed by atoms with van der Waals surface area (Å²) in [4.78, 5) is 4.44. The van der Waals surface area contributed by atoms with Crippen molar-refractivity contribution in [1.29, 1.82) is 5.41 Å². The Morgan fingerprint density at radius 1 is 1.58 bits per heavy atom. The molecule has 0 radical (unpaired) electrons. The fraction of sp³-hybridized carbons (Fsp3) is 0.889. The van der Waals surface area contributed by atoms with Crippen molar-refractivity contribution in [2.75, 3.05) is 27.2 Å². The number of nitrogens with zero attached hydrogens (tertiary/aromatic N) is 2. The molecule has 1 rings (SSSR count). The van der Waals surface area contributed by atoms with E-state index in [4.69, 9.17) is 5.41 Å². The van der Waals surface area contributed by atoms with E-state index in [2.05, 4.69) is 23.9 Å². The largest absolute Gasteiger partial charge is 0.359 e. The maximum absolute atomic E-state index is 7.67. The first-order chi connectivity index (χ1) is 5.65. The number of rotatable bonds is 2. The van der Waals surface area contributed by atoms with Crippen LogP contribution in [0.15, 0.2) is 0 Å². The first-order valence-electron chi connectivity index (χ1n) is 4.64. The van der Waals surface area contributed by atoms with Gasteiger partial charge in [-0.25, -0.2) is 0 Å². The van der Waals surface area contributed by atoms with Gasteiger partial charge in [-0.1, -0.05) is 6.92 Å². The van der Waals surface area contributed by atoms with Crippen LogP contribution in [0.3, 0.4) is 0 Å². The van der Waals surface area contributed by atoms with E-state index in [1.807, 2.05) is 6.92 Å². The fourth-order valence-corrected chi connectivity index (χ4v) is 1.63. The van der Waals surface area contributed by atoms with Crippen LogP contribution in [0, 0.1) is 5.41 Å². The lowest BCUT2D eigenvalue weighted by molar-refractivity contribution is 0.300. The number of nitrogens with one attached hydrogen (secondary N) is 1. The molecule has 0 aromatic heterocycles. The average molecular weight is 169 g/mol. The lowest BCUT2D eigenvalue weighted by Crippen LogP contribution is -2.33. The quantitative estimate of drug-likeness (QED) is 0.494. The van der Waals surface area contributed by atoms with Gasteiger partial charge in [-0.2, -0.15) is 0 Å². The summed E-state index contributed by atoms with van der Waals surface area (Å²) in [5.74, 6) is 0.791. The Morgan fingerprint density at radius 3 is 2.67 bits per heavy atom. The number of likely N-dealkylation sites (N-methyl/N-ethyl adjacent to an activating group) is 1. The van der Waals surface area contributed by atoms with Gasteiger partial charge in [-0.15, -0.1) is 0 Å². The van der Waals surface area contributed by atoms with Gasteiger partial charge in [-0.3, -0.25) is 5.41 Å². The fourth-order valence-electron chi connectivity index (χ4n) is 1.63. The van der Waals surface area contributed by atoms with Crippen LogP contribution in [-0.2, 0) is 0 Å². The van der Waals surface area contributed by atoms with Crippen molar-refractivity contribution in [3.8, 4) is 0 Å². The van der Waals surface area contributed by atoms with Gasteiger partial charge in [0.1, 0.15) is 0 Å². The van der Waals surface area contributed by atoms with Crippen LogP contribution in [0.4, 0.5) is 0 Å². The SMILES string of the molecule is CCC(=N)N1CCC(N(C)C)C1. The molecule has 1 atom stereocenters. The highest BCUT2D eigenvalue weighted by Gasteiger charge is 2.24. The number of hydrogen-bond acceptors (Lipinski definition) is 2. The Labute approximate surface area is 74.9 Å². The summed E-state index contributed by atoms with van der Waals surface area (Å²) < 4.78 is 0. The average Bonchev–Trinajstić information content (AvgIpc) is 2.51. The summed E-state index contributed by atoms with van der Waals surface area (Å²) in [5.41, 5.74) is 0. The van der Waals surface area contributed by atoms with Gasteiger partial charge in [0.2, 0.25) is 0 Å². The maximum atomic E-state index is 7.67. The molecule has 3 heteroatoms. The zero-order valence-electron chi connectivity index (χ0n) is 8.30. The molecular formula is C9H19N3. The molecule has 0 saturated carbocycles. The standard InChI is InChI=1S/C9H19N3/c1-4-9(10)12-6-5-8(7-12)11(2)3/h8,10H,4-7H2,1-3H3. The van der Waals surface area contributed by atoms with Crippen molar-refractivity contribution in [3.63, 3.8) is 0 Å². The molecule has 0 bridgehead atoms. The predicted octanol–water partition coefficient (Wildman–Crippen LogP) is 1.01. The summed E-state index contributed by atoms with van der Waals surface area (Å²) in [6, 6.07) is 0.650. The minimum absolute atomic E-state index is 0.650. The summed E-state index contributed by atoms with van der Waals surface area (Å²) in [7, 11) is 4.23. The lowest BCUT2D eigenvalue weighted by atomic mass is 10.2. The summed E-state index contributed by atoms with van der Waals surface area (Å²) in [6.45, 7) is 4.15. The highest BCUT2D eigenvalue weighted by molar-refractivity contribution is 5.79. The Morgan fingerprint density at radius 2 is 2.25 bits per heavy atom. The number of hydrogen-bond donors (Lipinski definition) is 1. The molecule has 1 aliphatic heterocycles. The molecule has 1 unspecified atom stereocenters. The molecule has 1 heterocycles. The number of amidine groups is 1. The van der Waals surface area contributed by atoms with Crippen molar-refractivity contribution in [3.05, 3.63) is 0 Å². The topological polar surface area (TPSA) is 30.3 Å². The van der Waals surface area contributed by atoms with E-state index < -0.39 is 0 Å².